The number of alkyl halides is 1. The predicted molar refractivity (Wildman–Crippen MR) is 56.7 cm³/mol. The second kappa shape index (κ2) is 3.32. The molecule has 3 atom stereocenters. The second-order valence-electron chi connectivity index (χ2n) is 4.83. The van der Waals surface area contributed by atoms with E-state index in [1.54, 1.807) is 0 Å². The van der Waals surface area contributed by atoms with Crippen molar-refractivity contribution in [3.8, 4) is 0 Å². The van der Waals surface area contributed by atoms with Crippen molar-refractivity contribution in [1.82, 2.24) is 5.32 Å². The highest BCUT2D eigenvalue weighted by molar-refractivity contribution is 5.45. The first-order valence-electron chi connectivity index (χ1n) is 5.49. The Morgan fingerprint density at radius 3 is 2.80 bits per heavy atom. The maximum Gasteiger partial charge on any atom is 0.194 e. The molecule has 0 aromatic carbocycles. The van der Waals surface area contributed by atoms with Gasteiger partial charge in [0.2, 0.25) is 0 Å². The van der Waals surface area contributed by atoms with Crippen LogP contribution in [-0.4, -0.2) is 11.7 Å². The minimum atomic E-state index is -1.54. The Bertz CT molecular complexity index is 342. The Hall–Kier alpha value is -0.860. The highest BCUT2D eigenvalue weighted by atomic mass is 19.1. The molecule has 2 rings (SSSR count). The van der Waals surface area contributed by atoms with E-state index in [0.717, 1.165) is 18.4 Å². The first-order valence-corrected chi connectivity index (χ1v) is 5.49. The van der Waals surface area contributed by atoms with Gasteiger partial charge in [-0.3, -0.25) is 0 Å². The second-order valence-corrected chi connectivity index (χ2v) is 4.83. The summed E-state index contributed by atoms with van der Waals surface area (Å²) in [6.07, 6.45) is 3.51. The van der Waals surface area contributed by atoms with Crippen LogP contribution in [0.5, 0.6) is 0 Å². The average molecular weight is 213 g/mol. The highest BCUT2D eigenvalue weighted by Gasteiger charge is 2.44. The van der Waals surface area contributed by atoms with Crippen LogP contribution in [0.2, 0.25) is 0 Å². The fraction of sp³-hybridized carbons (Fsp3) is 0.667. The minimum Gasteiger partial charge on any atom is -0.356 e. The fourth-order valence-corrected chi connectivity index (χ4v) is 2.47. The van der Waals surface area contributed by atoms with Gasteiger partial charge in [-0.25, -0.2) is 4.39 Å². The van der Waals surface area contributed by atoms with Gasteiger partial charge >= 0.3 is 0 Å². The zero-order valence-electron chi connectivity index (χ0n) is 9.40. The van der Waals surface area contributed by atoms with Crippen molar-refractivity contribution in [1.29, 1.82) is 0 Å². The molecule has 1 heterocycles. The summed E-state index contributed by atoms with van der Waals surface area (Å²) in [6.45, 7) is 5.20. The summed E-state index contributed by atoms with van der Waals surface area (Å²) < 4.78 is 28.1. The van der Waals surface area contributed by atoms with Crippen molar-refractivity contribution in [3.05, 3.63) is 23.2 Å². The van der Waals surface area contributed by atoms with Crippen molar-refractivity contribution in [2.45, 2.75) is 45.3 Å². The van der Waals surface area contributed by atoms with Crippen molar-refractivity contribution < 1.29 is 8.78 Å². The van der Waals surface area contributed by atoms with Crippen molar-refractivity contribution in [2.75, 3.05) is 0 Å². The zero-order chi connectivity index (χ0) is 11.2. The number of hydrogen-bond acceptors (Lipinski definition) is 1. The average Bonchev–Trinajstić information content (AvgIpc) is 2.10. The first-order chi connectivity index (χ1) is 6.93. The molecule has 1 fully saturated rings. The molecule has 0 bridgehead atoms. The molecule has 3 heteroatoms. The van der Waals surface area contributed by atoms with E-state index >= 15 is 0 Å². The third-order valence-electron chi connectivity index (χ3n) is 3.61. The van der Waals surface area contributed by atoms with Gasteiger partial charge in [-0.2, -0.15) is 4.39 Å². The summed E-state index contributed by atoms with van der Waals surface area (Å²) in [5.74, 6) is -0.595. The summed E-state index contributed by atoms with van der Waals surface area (Å²) in [4.78, 5) is 0. The van der Waals surface area contributed by atoms with E-state index in [4.69, 9.17) is 0 Å². The van der Waals surface area contributed by atoms with Crippen LogP contribution < -0.4 is 5.32 Å². The zero-order valence-corrected chi connectivity index (χ0v) is 9.40. The molecule has 0 amide bonds. The van der Waals surface area contributed by atoms with Crippen molar-refractivity contribution >= 4 is 0 Å². The van der Waals surface area contributed by atoms with Gasteiger partial charge in [-0.1, -0.05) is 13.0 Å². The van der Waals surface area contributed by atoms with E-state index in [1.807, 2.05) is 19.9 Å². The summed E-state index contributed by atoms with van der Waals surface area (Å²) >= 11 is 0. The van der Waals surface area contributed by atoms with Crippen LogP contribution in [0.15, 0.2) is 23.2 Å². The SMILES string of the molecule is CC1C=C2CCC(C)[C@@](C)(F)C2=C(F)N1. The maximum absolute atomic E-state index is 14.4. The number of nitrogens with one attached hydrogen (secondary N) is 1. The van der Waals surface area contributed by atoms with E-state index in [0.29, 0.717) is 0 Å². The Morgan fingerprint density at radius 1 is 1.47 bits per heavy atom. The van der Waals surface area contributed by atoms with Crippen LogP contribution in [-0.2, 0) is 0 Å². The molecule has 1 N–H and O–H groups in total. The molecule has 1 nitrogen and oxygen atoms in total. The maximum atomic E-state index is 14.4. The van der Waals surface area contributed by atoms with Crippen LogP contribution in [0.1, 0.15) is 33.6 Å². The van der Waals surface area contributed by atoms with Crippen molar-refractivity contribution in [3.63, 3.8) is 0 Å². The van der Waals surface area contributed by atoms with Crippen LogP contribution >= 0.6 is 0 Å². The standard InChI is InChI=1S/C12H17F2N/c1-7-4-5-9-6-8(2)15-11(13)10(9)12(7,3)14/h6-8,15H,4-5H2,1-3H3/t7?,8?,12-/m1/s1. The van der Waals surface area contributed by atoms with Crippen molar-refractivity contribution in [2.24, 2.45) is 5.92 Å². The molecule has 0 spiro atoms. The van der Waals surface area contributed by atoms with Gasteiger partial charge in [-0.05, 0) is 38.2 Å². The molecule has 2 aliphatic rings. The summed E-state index contributed by atoms with van der Waals surface area (Å²) in [6, 6.07) is -0.0343. The lowest BCUT2D eigenvalue weighted by atomic mass is 9.72. The number of halogens is 2. The smallest absolute Gasteiger partial charge is 0.194 e. The van der Waals surface area contributed by atoms with Crippen LogP contribution in [0.4, 0.5) is 8.78 Å². The molecule has 1 aliphatic carbocycles. The number of fused-ring (bicyclic) bond motifs is 1. The van der Waals surface area contributed by atoms with Gasteiger partial charge in [0.25, 0.3) is 0 Å². The molecule has 15 heavy (non-hydrogen) atoms. The lowest BCUT2D eigenvalue weighted by molar-refractivity contribution is 0.131. The molecule has 0 saturated heterocycles. The lowest BCUT2D eigenvalue weighted by Gasteiger charge is -2.39. The molecular formula is C12H17F2N. The van der Waals surface area contributed by atoms with Gasteiger partial charge in [-0.15, -0.1) is 0 Å². The Balaban J connectivity index is 2.46. The van der Waals surface area contributed by atoms with Gasteiger partial charge in [0.1, 0.15) is 5.67 Å². The molecule has 1 aliphatic heterocycles. The quantitative estimate of drug-likeness (QED) is 0.609. The molecule has 84 valence electrons. The van der Waals surface area contributed by atoms with E-state index in [1.165, 1.54) is 6.92 Å². The monoisotopic (exact) mass is 213 g/mol. The lowest BCUT2D eigenvalue weighted by Crippen LogP contribution is -2.40. The van der Waals surface area contributed by atoms with E-state index in [2.05, 4.69) is 5.32 Å². The third kappa shape index (κ3) is 1.58. The number of rotatable bonds is 0. The van der Waals surface area contributed by atoms with E-state index < -0.39 is 11.6 Å². The summed E-state index contributed by atoms with van der Waals surface area (Å²) in [5, 5.41) is 2.65. The first kappa shape index (κ1) is 10.7. The highest BCUT2D eigenvalue weighted by Crippen LogP contribution is 2.46. The largest absolute Gasteiger partial charge is 0.356 e. The summed E-state index contributed by atoms with van der Waals surface area (Å²) in [7, 11) is 0. The topological polar surface area (TPSA) is 12.0 Å². The van der Waals surface area contributed by atoms with Gasteiger partial charge in [0, 0.05) is 11.6 Å². The molecule has 0 radical (unpaired) electrons. The normalized spacial score (nSPS) is 40.7. The van der Waals surface area contributed by atoms with E-state index in [-0.39, 0.29) is 17.5 Å². The number of allylic oxidation sites excluding steroid dienone is 2. The molecule has 0 aromatic heterocycles. The third-order valence-corrected chi connectivity index (χ3v) is 3.61. The molecule has 1 saturated carbocycles. The molecule has 2 unspecified atom stereocenters. The van der Waals surface area contributed by atoms with Crippen LogP contribution in [0, 0.1) is 5.92 Å². The fourth-order valence-electron chi connectivity index (χ4n) is 2.47. The number of hydrogen-bond donors (Lipinski definition) is 1. The Morgan fingerprint density at radius 2 is 2.13 bits per heavy atom. The summed E-state index contributed by atoms with van der Waals surface area (Å²) in [5.41, 5.74) is -0.442. The van der Waals surface area contributed by atoms with Crippen LogP contribution in [0.25, 0.3) is 0 Å². The Kier molecular flexibility index (Phi) is 2.36. The van der Waals surface area contributed by atoms with Gasteiger partial charge in [0.05, 0.1) is 0 Å². The van der Waals surface area contributed by atoms with Gasteiger partial charge < -0.3 is 5.32 Å². The molecule has 0 aromatic rings. The van der Waals surface area contributed by atoms with Gasteiger partial charge in [0.15, 0.2) is 5.95 Å². The predicted octanol–water partition coefficient (Wildman–Crippen LogP) is 3.24. The minimum absolute atomic E-state index is 0.0343. The Labute approximate surface area is 89.2 Å². The van der Waals surface area contributed by atoms with E-state index in [9.17, 15) is 8.78 Å². The van der Waals surface area contributed by atoms with Crippen LogP contribution in [0.3, 0.4) is 0 Å². The number of dihydropyridines is 1. The molecular weight excluding hydrogens is 196 g/mol.